The summed E-state index contributed by atoms with van der Waals surface area (Å²) in [5.74, 6) is -0.925. The second kappa shape index (κ2) is 13.2. The Kier molecular flexibility index (Phi) is 9.94. The number of hydrazone groups is 2. The van der Waals surface area contributed by atoms with Crippen molar-refractivity contribution in [3.8, 4) is 0 Å². The highest BCUT2D eigenvalue weighted by molar-refractivity contribution is 5.90. The van der Waals surface area contributed by atoms with E-state index in [-0.39, 0.29) is 36.5 Å². The van der Waals surface area contributed by atoms with Crippen molar-refractivity contribution in [1.82, 2.24) is 10.9 Å². The Labute approximate surface area is 191 Å². The minimum atomic E-state index is -0.309. The van der Waals surface area contributed by atoms with Crippen LogP contribution in [0.3, 0.4) is 0 Å². The Morgan fingerprint density at radius 1 is 0.667 bits per heavy atom. The Bertz CT molecular complexity index is 946. The lowest BCUT2D eigenvalue weighted by Gasteiger charge is -2.02. The molecule has 10 nitrogen and oxygen atoms in total. The molecule has 0 saturated carbocycles. The number of hydrogen-bond donors (Lipinski definition) is 4. The van der Waals surface area contributed by atoms with Gasteiger partial charge in [-0.15, -0.1) is 0 Å². The molecule has 2 aromatic rings. The largest absolute Gasteiger partial charge is 0.326 e. The molecular weight excluding hydrogens is 424 g/mol. The summed E-state index contributed by atoms with van der Waals surface area (Å²) in [6, 6.07) is 13.9. The summed E-state index contributed by atoms with van der Waals surface area (Å²) in [5.41, 5.74) is 7.67. The zero-order chi connectivity index (χ0) is 24.1. The molecule has 0 fully saturated rings. The van der Waals surface area contributed by atoms with E-state index in [9.17, 15) is 19.2 Å². The minimum absolute atomic E-state index is 0.139. The summed E-state index contributed by atoms with van der Waals surface area (Å²) in [4.78, 5) is 45.6. The van der Waals surface area contributed by atoms with Gasteiger partial charge in [0.25, 0.3) is 0 Å². The molecule has 0 bridgehead atoms. The van der Waals surface area contributed by atoms with Crippen molar-refractivity contribution >= 4 is 47.4 Å². The molecule has 4 N–H and O–H groups in total. The summed E-state index contributed by atoms with van der Waals surface area (Å²) >= 11 is 0. The molecular formula is C23H26N6O4. The van der Waals surface area contributed by atoms with E-state index < -0.39 is 0 Å². The van der Waals surface area contributed by atoms with Gasteiger partial charge in [0.2, 0.25) is 23.6 Å². The molecule has 10 heteroatoms. The van der Waals surface area contributed by atoms with E-state index in [0.29, 0.717) is 17.8 Å². The molecule has 0 atom stereocenters. The lowest BCUT2D eigenvalue weighted by atomic mass is 10.2. The number of hydrogen-bond acceptors (Lipinski definition) is 6. The van der Waals surface area contributed by atoms with Crippen LogP contribution in [0.5, 0.6) is 0 Å². The number of amides is 4. The zero-order valence-corrected chi connectivity index (χ0v) is 18.4. The first kappa shape index (κ1) is 24.9. The number of anilines is 2. The average Bonchev–Trinajstić information content (AvgIpc) is 2.75. The molecule has 2 rings (SSSR count). The molecule has 0 aliphatic rings. The molecule has 0 radical (unpaired) electrons. The highest BCUT2D eigenvalue weighted by atomic mass is 16.2. The van der Waals surface area contributed by atoms with Crippen molar-refractivity contribution < 1.29 is 19.2 Å². The fourth-order valence-electron chi connectivity index (χ4n) is 2.59. The first-order valence-corrected chi connectivity index (χ1v) is 10.2. The average molecular weight is 450 g/mol. The Morgan fingerprint density at radius 3 is 1.36 bits per heavy atom. The van der Waals surface area contributed by atoms with E-state index in [1.54, 1.807) is 48.5 Å². The molecule has 2 aromatic carbocycles. The summed E-state index contributed by atoms with van der Waals surface area (Å²) in [5, 5.41) is 13.1. The van der Waals surface area contributed by atoms with Crippen LogP contribution in [0.25, 0.3) is 0 Å². The molecule has 0 aromatic heterocycles. The summed E-state index contributed by atoms with van der Waals surface area (Å²) < 4.78 is 0. The number of carbonyl (C=O) groups is 4. The molecule has 33 heavy (non-hydrogen) atoms. The fraction of sp³-hybridized carbons (Fsp3) is 0.217. The molecule has 0 saturated heterocycles. The van der Waals surface area contributed by atoms with Gasteiger partial charge in [0, 0.05) is 38.1 Å². The van der Waals surface area contributed by atoms with Crippen LogP contribution in [0.2, 0.25) is 0 Å². The fourth-order valence-corrected chi connectivity index (χ4v) is 2.59. The summed E-state index contributed by atoms with van der Waals surface area (Å²) in [6.07, 6.45) is 3.60. The SMILES string of the molecule is CC(=O)Nc1ccc(C=NNC(=O)CCCC(=O)NN=Cc2ccc(NC(C)=O)cc2)cc1. The Morgan fingerprint density at radius 2 is 1.03 bits per heavy atom. The summed E-state index contributed by atoms with van der Waals surface area (Å²) in [7, 11) is 0. The van der Waals surface area contributed by atoms with Crippen molar-refractivity contribution in [3.63, 3.8) is 0 Å². The van der Waals surface area contributed by atoms with Gasteiger partial charge in [0.1, 0.15) is 0 Å². The van der Waals surface area contributed by atoms with Gasteiger partial charge in [-0.1, -0.05) is 24.3 Å². The molecule has 172 valence electrons. The van der Waals surface area contributed by atoms with Crippen molar-refractivity contribution in [1.29, 1.82) is 0 Å². The van der Waals surface area contributed by atoms with Crippen LogP contribution >= 0.6 is 0 Å². The third kappa shape index (κ3) is 10.5. The predicted molar refractivity (Wildman–Crippen MR) is 127 cm³/mol. The highest BCUT2D eigenvalue weighted by Crippen LogP contribution is 2.08. The predicted octanol–water partition coefficient (Wildman–Crippen LogP) is 2.37. The van der Waals surface area contributed by atoms with E-state index in [1.807, 2.05) is 0 Å². The third-order valence-electron chi connectivity index (χ3n) is 4.08. The maximum absolute atomic E-state index is 11.8. The van der Waals surface area contributed by atoms with Crippen LogP contribution in [0.4, 0.5) is 11.4 Å². The smallest absolute Gasteiger partial charge is 0.240 e. The van der Waals surface area contributed by atoms with E-state index >= 15 is 0 Å². The van der Waals surface area contributed by atoms with E-state index in [2.05, 4.69) is 31.7 Å². The second-order valence-electron chi connectivity index (χ2n) is 7.05. The van der Waals surface area contributed by atoms with Crippen LogP contribution in [0.15, 0.2) is 58.7 Å². The quantitative estimate of drug-likeness (QED) is 0.326. The normalized spacial score (nSPS) is 10.7. The number of carbonyl (C=O) groups excluding carboxylic acids is 4. The Balaban J connectivity index is 1.63. The molecule has 0 heterocycles. The maximum atomic E-state index is 11.8. The number of nitrogens with zero attached hydrogens (tertiary/aromatic N) is 2. The molecule has 4 amide bonds. The van der Waals surface area contributed by atoms with Crippen LogP contribution in [0.1, 0.15) is 44.2 Å². The van der Waals surface area contributed by atoms with Crippen molar-refractivity contribution in [3.05, 3.63) is 59.7 Å². The van der Waals surface area contributed by atoms with Gasteiger partial charge in [-0.2, -0.15) is 10.2 Å². The van der Waals surface area contributed by atoms with Crippen LogP contribution in [0, 0.1) is 0 Å². The van der Waals surface area contributed by atoms with Gasteiger partial charge in [-0.3, -0.25) is 19.2 Å². The van der Waals surface area contributed by atoms with Gasteiger partial charge in [-0.05, 0) is 41.8 Å². The first-order chi connectivity index (χ1) is 15.8. The minimum Gasteiger partial charge on any atom is -0.326 e. The van der Waals surface area contributed by atoms with E-state index in [4.69, 9.17) is 0 Å². The second-order valence-corrected chi connectivity index (χ2v) is 7.05. The molecule has 0 aliphatic carbocycles. The van der Waals surface area contributed by atoms with Gasteiger partial charge >= 0.3 is 0 Å². The topological polar surface area (TPSA) is 141 Å². The van der Waals surface area contributed by atoms with Gasteiger partial charge in [0.05, 0.1) is 12.4 Å². The number of benzene rings is 2. The molecule has 0 unspecified atom stereocenters. The zero-order valence-electron chi connectivity index (χ0n) is 18.4. The van der Waals surface area contributed by atoms with Crippen molar-refractivity contribution in [2.24, 2.45) is 10.2 Å². The Hall–Kier alpha value is -4.34. The molecule has 0 spiro atoms. The lowest BCUT2D eigenvalue weighted by Crippen LogP contribution is -2.20. The molecule has 0 aliphatic heterocycles. The van der Waals surface area contributed by atoms with E-state index in [1.165, 1.54) is 26.3 Å². The van der Waals surface area contributed by atoms with E-state index in [0.717, 1.165) is 11.1 Å². The first-order valence-electron chi connectivity index (χ1n) is 10.2. The van der Waals surface area contributed by atoms with Gasteiger partial charge in [0.15, 0.2) is 0 Å². The van der Waals surface area contributed by atoms with Crippen LogP contribution in [-0.4, -0.2) is 36.1 Å². The van der Waals surface area contributed by atoms with Gasteiger partial charge < -0.3 is 10.6 Å². The van der Waals surface area contributed by atoms with Crippen LogP contribution in [-0.2, 0) is 19.2 Å². The van der Waals surface area contributed by atoms with Gasteiger partial charge in [-0.25, -0.2) is 10.9 Å². The van der Waals surface area contributed by atoms with Crippen LogP contribution < -0.4 is 21.5 Å². The third-order valence-corrected chi connectivity index (χ3v) is 4.08. The number of rotatable bonds is 10. The van der Waals surface area contributed by atoms with Crippen molar-refractivity contribution in [2.75, 3.05) is 10.6 Å². The highest BCUT2D eigenvalue weighted by Gasteiger charge is 2.04. The standard InChI is InChI=1S/C23H26N6O4/c1-16(30)26-20-10-6-18(7-11-20)14-24-28-22(32)4-3-5-23(33)29-25-15-19-8-12-21(13-9-19)27-17(2)31/h6-15H,3-5H2,1-2H3,(H,26,30)(H,27,31)(H,28,32)(H,29,33). The maximum Gasteiger partial charge on any atom is 0.240 e. The summed E-state index contributed by atoms with van der Waals surface area (Å²) in [6.45, 7) is 2.86. The monoisotopic (exact) mass is 450 g/mol. The lowest BCUT2D eigenvalue weighted by molar-refractivity contribution is -0.122. The number of nitrogens with one attached hydrogen (secondary N) is 4. The van der Waals surface area contributed by atoms with Crippen molar-refractivity contribution in [2.45, 2.75) is 33.1 Å².